The summed E-state index contributed by atoms with van der Waals surface area (Å²) in [5.74, 6) is -0.669. The first-order valence-corrected chi connectivity index (χ1v) is 8.34. The van der Waals surface area contributed by atoms with E-state index in [4.69, 9.17) is 34.8 Å². The van der Waals surface area contributed by atoms with Crippen LogP contribution in [-0.4, -0.2) is 18.5 Å². The molecule has 0 saturated carbocycles. The number of nitrogens with one attached hydrogen (secondary N) is 1. The molecule has 0 fully saturated rings. The summed E-state index contributed by atoms with van der Waals surface area (Å²) in [6.45, 7) is 0. The average Bonchev–Trinajstić information content (AvgIpc) is 2.30. The lowest BCUT2D eigenvalue weighted by atomic mass is 10.2. The van der Waals surface area contributed by atoms with E-state index in [-0.39, 0.29) is 22.3 Å². The molecule has 0 aliphatic carbocycles. The molecule has 9 heteroatoms. The average molecular weight is 368 g/mol. The molecule has 2 N–H and O–H groups in total. The molecule has 0 aliphatic heterocycles. The van der Waals surface area contributed by atoms with Crippen molar-refractivity contribution in [1.29, 1.82) is 0 Å². The van der Waals surface area contributed by atoms with Crippen molar-refractivity contribution >= 4 is 50.5 Å². The van der Waals surface area contributed by atoms with Crippen LogP contribution in [0, 0.1) is 0 Å². The molecule has 2 rings (SSSR count). The van der Waals surface area contributed by atoms with E-state index >= 15 is 0 Å². The first kappa shape index (κ1) is 16.2. The maximum atomic E-state index is 12.1. The van der Waals surface area contributed by atoms with Crippen molar-refractivity contribution in [3.63, 3.8) is 0 Å². The van der Waals surface area contributed by atoms with Crippen molar-refractivity contribution in [3.8, 4) is 5.75 Å². The number of anilines is 1. The highest BCUT2D eigenvalue weighted by Gasteiger charge is 2.15. The Morgan fingerprint density at radius 3 is 2.29 bits per heavy atom. The van der Waals surface area contributed by atoms with Crippen molar-refractivity contribution in [2.75, 3.05) is 4.72 Å². The van der Waals surface area contributed by atoms with Gasteiger partial charge in [-0.15, -0.1) is 0 Å². The highest BCUT2D eigenvalue weighted by Crippen LogP contribution is 2.26. The Morgan fingerprint density at radius 2 is 1.71 bits per heavy atom. The van der Waals surface area contributed by atoms with Crippen LogP contribution in [0.15, 0.2) is 30.5 Å². The molecule has 0 unspecified atom stereocenters. The Kier molecular flexibility index (Phi) is 4.83. The van der Waals surface area contributed by atoms with Gasteiger partial charge in [-0.3, -0.25) is 4.72 Å². The van der Waals surface area contributed by atoms with E-state index in [0.29, 0.717) is 15.6 Å². The van der Waals surface area contributed by atoms with Crippen LogP contribution in [0.3, 0.4) is 0 Å². The molecule has 112 valence electrons. The number of nitrogens with zero attached hydrogens (tertiary/aromatic N) is 1. The topological polar surface area (TPSA) is 79.3 Å². The minimum atomic E-state index is -3.77. The predicted octanol–water partition coefficient (Wildman–Crippen LogP) is 3.69. The Hall–Kier alpha value is -1.21. The third-order valence-electron chi connectivity index (χ3n) is 2.39. The largest absolute Gasteiger partial charge is 0.506 e. The molecule has 1 heterocycles. The summed E-state index contributed by atoms with van der Waals surface area (Å²) in [5.41, 5.74) is 0.355. The maximum Gasteiger partial charge on any atom is 0.237 e. The predicted molar refractivity (Wildman–Crippen MR) is 83.6 cm³/mol. The standard InChI is InChI=1S/C12H9Cl3N2O3S/c13-8-1-7(2-9(14)3-8)6-21(19,20)17-10-5-16-12(15)4-11(10)18/h1-5,17H,6H2,(H,16,18). The van der Waals surface area contributed by atoms with E-state index in [2.05, 4.69) is 9.71 Å². The van der Waals surface area contributed by atoms with Crippen molar-refractivity contribution in [3.05, 3.63) is 51.2 Å². The molecule has 0 saturated heterocycles. The molecule has 0 bridgehead atoms. The number of hydrogen-bond acceptors (Lipinski definition) is 4. The molecule has 0 spiro atoms. The molecule has 21 heavy (non-hydrogen) atoms. The number of hydrogen-bond donors (Lipinski definition) is 2. The van der Waals surface area contributed by atoms with Gasteiger partial charge in [0.2, 0.25) is 10.0 Å². The van der Waals surface area contributed by atoms with E-state index in [1.807, 2.05) is 0 Å². The number of sulfonamides is 1. The molecule has 5 nitrogen and oxygen atoms in total. The van der Waals surface area contributed by atoms with Crippen LogP contribution in [-0.2, 0) is 15.8 Å². The summed E-state index contributed by atoms with van der Waals surface area (Å²) in [7, 11) is -3.77. The molecular formula is C12H9Cl3N2O3S. The Bertz CT molecular complexity index is 761. The van der Waals surface area contributed by atoms with Gasteiger partial charge in [-0.25, -0.2) is 13.4 Å². The first-order valence-electron chi connectivity index (χ1n) is 5.55. The van der Waals surface area contributed by atoms with Crippen LogP contribution in [0.4, 0.5) is 5.69 Å². The zero-order chi connectivity index (χ0) is 15.6. The van der Waals surface area contributed by atoms with E-state index in [0.717, 1.165) is 12.3 Å². The zero-order valence-corrected chi connectivity index (χ0v) is 13.4. The van der Waals surface area contributed by atoms with Gasteiger partial charge < -0.3 is 5.11 Å². The zero-order valence-electron chi connectivity index (χ0n) is 10.3. The highest BCUT2D eigenvalue weighted by atomic mass is 35.5. The second-order valence-corrected chi connectivity index (χ2v) is 7.15. The van der Waals surface area contributed by atoms with Gasteiger partial charge in [-0.1, -0.05) is 34.8 Å². The number of benzene rings is 1. The summed E-state index contributed by atoms with van der Waals surface area (Å²) in [6.07, 6.45) is 1.13. The summed E-state index contributed by atoms with van der Waals surface area (Å²) >= 11 is 17.2. The minimum Gasteiger partial charge on any atom is -0.506 e. The smallest absolute Gasteiger partial charge is 0.237 e. The number of aromatic hydroxyl groups is 1. The van der Waals surface area contributed by atoms with E-state index in [1.54, 1.807) is 0 Å². The van der Waals surface area contributed by atoms with Gasteiger partial charge in [0, 0.05) is 16.1 Å². The van der Waals surface area contributed by atoms with Gasteiger partial charge in [0.05, 0.1) is 11.9 Å². The number of aromatic nitrogens is 1. The van der Waals surface area contributed by atoms with Crippen molar-refractivity contribution < 1.29 is 13.5 Å². The van der Waals surface area contributed by atoms with Crippen molar-refractivity contribution in [2.24, 2.45) is 0 Å². The molecule has 1 aromatic heterocycles. The first-order chi connectivity index (χ1) is 9.75. The van der Waals surface area contributed by atoms with Crippen LogP contribution in [0.2, 0.25) is 15.2 Å². The van der Waals surface area contributed by atoms with Gasteiger partial charge in [-0.2, -0.15) is 0 Å². The molecule has 0 amide bonds. The molecule has 1 aromatic carbocycles. The number of rotatable bonds is 4. The van der Waals surface area contributed by atoms with E-state index < -0.39 is 10.0 Å². The molecule has 2 aromatic rings. The molecular weight excluding hydrogens is 359 g/mol. The Labute approximate surface area is 136 Å². The highest BCUT2D eigenvalue weighted by molar-refractivity contribution is 7.91. The van der Waals surface area contributed by atoms with Crippen LogP contribution in [0.25, 0.3) is 0 Å². The second kappa shape index (κ2) is 6.27. The summed E-state index contributed by atoms with van der Waals surface area (Å²) < 4.78 is 26.3. The number of halogens is 3. The van der Waals surface area contributed by atoms with Gasteiger partial charge in [0.1, 0.15) is 16.6 Å². The van der Waals surface area contributed by atoms with Crippen LogP contribution in [0.1, 0.15) is 5.56 Å². The fourth-order valence-electron chi connectivity index (χ4n) is 1.62. The van der Waals surface area contributed by atoms with Gasteiger partial charge >= 0.3 is 0 Å². The lowest BCUT2D eigenvalue weighted by Crippen LogP contribution is -2.15. The molecule has 0 aliphatic rings. The van der Waals surface area contributed by atoms with Gasteiger partial charge in [-0.05, 0) is 23.8 Å². The third-order valence-corrected chi connectivity index (χ3v) is 4.28. The lowest BCUT2D eigenvalue weighted by Gasteiger charge is -2.10. The minimum absolute atomic E-state index is 0.0528. The quantitative estimate of drug-likeness (QED) is 0.808. The van der Waals surface area contributed by atoms with Gasteiger partial charge in [0.15, 0.2) is 0 Å². The van der Waals surface area contributed by atoms with Crippen LogP contribution >= 0.6 is 34.8 Å². The Balaban J connectivity index is 2.22. The maximum absolute atomic E-state index is 12.1. The monoisotopic (exact) mass is 366 g/mol. The fourth-order valence-corrected chi connectivity index (χ4v) is 3.51. The molecule has 0 radical (unpaired) electrons. The van der Waals surface area contributed by atoms with Crippen molar-refractivity contribution in [1.82, 2.24) is 4.98 Å². The fraction of sp³-hybridized carbons (Fsp3) is 0.0833. The molecule has 0 atom stereocenters. The van der Waals surface area contributed by atoms with Crippen molar-refractivity contribution in [2.45, 2.75) is 5.75 Å². The summed E-state index contributed by atoms with van der Waals surface area (Å²) in [5, 5.41) is 10.3. The lowest BCUT2D eigenvalue weighted by molar-refractivity contribution is 0.477. The second-order valence-electron chi connectivity index (χ2n) is 4.16. The normalized spacial score (nSPS) is 11.4. The third kappa shape index (κ3) is 4.64. The Morgan fingerprint density at radius 1 is 1.10 bits per heavy atom. The van der Waals surface area contributed by atoms with E-state index in [9.17, 15) is 13.5 Å². The van der Waals surface area contributed by atoms with Crippen LogP contribution < -0.4 is 4.72 Å². The summed E-state index contributed by atoms with van der Waals surface area (Å²) in [6, 6.07) is 5.62. The van der Waals surface area contributed by atoms with E-state index in [1.165, 1.54) is 18.2 Å². The van der Waals surface area contributed by atoms with Crippen LogP contribution in [0.5, 0.6) is 5.75 Å². The number of pyridine rings is 1. The summed E-state index contributed by atoms with van der Waals surface area (Å²) in [4.78, 5) is 3.70. The van der Waals surface area contributed by atoms with Gasteiger partial charge in [0.25, 0.3) is 0 Å². The SMILES string of the molecule is O=S(=O)(Cc1cc(Cl)cc(Cl)c1)Nc1cnc(Cl)cc1O.